The fourth-order valence-corrected chi connectivity index (χ4v) is 3.00. The van der Waals surface area contributed by atoms with Gasteiger partial charge in [0, 0.05) is 45.0 Å². The molecule has 0 saturated carbocycles. The summed E-state index contributed by atoms with van der Waals surface area (Å²) in [7, 11) is 1.38. The molecule has 1 aliphatic rings. The lowest BCUT2D eigenvalue weighted by Gasteiger charge is -2.34. The van der Waals surface area contributed by atoms with Gasteiger partial charge in [0.1, 0.15) is 5.82 Å². The maximum atomic E-state index is 13.4. The summed E-state index contributed by atoms with van der Waals surface area (Å²) in [4.78, 5) is 17.4. The van der Waals surface area contributed by atoms with E-state index in [2.05, 4.69) is 10.3 Å². The van der Waals surface area contributed by atoms with E-state index in [0.717, 1.165) is 23.8 Å². The van der Waals surface area contributed by atoms with Gasteiger partial charge in [0.15, 0.2) is 0 Å². The summed E-state index contributed by atoms with van der Waals surface area (Å²) in [5.41, 5.74) is -3.11. The van der Waals surface area contributed by atoms with E-state index in [9.17, 15) is 23.1 Å². The molecule has 0 radical (unpaired) electrons. The molecule has 9 heteroatoms. The maximum absolute atomic E-state index is 13.4. The van der Waals surface area contributed by atoms with Crippen LogP contribution in [0.2, 0.25) is 0 Å². The minimum Gasteiger partial charge on any atom is -0.374 e. The van der Waals surface area contributed by atoms with Gasteiger partial charge < -0.3 is 19.9 Å². The zero-order valence-corrected chi connectivity index (χ0v) is 13.8. The Balaban J connectivity index is 2.02. The van der Waals surface area contributed by atoms with Crippen LogP contribution in [0.5, 0.6) is 0 Å². The van der Waals surface area contributed by atoms with Crippen LogP contribution in [0.3, 0.4) is 0 Å². The first-order valence-electron chi connectivity index (χ1n) is 7.98. The Morgan fingerprint density at radius 2 is 2.17 bits per heavy atom. The minimum atomic E-state index is -4.89. The van der Waals surface area contributed by atoms with Crippen LogP contribution < -0.4 is 5.32 Å². The highest BCUT2D eigenvalue weighted by atomic mass is 19.4. The average molecular weight is 348 g/mol. The van der Waals surface area contributed by atoms with Gasteiger partial charge in [0.05, 0.1) is 0 Å². The molecule has 6 nitrogen and oxygen atoms in total. The van der Waals surface area contributed by atoms with E-state index in [1.807, 2.05) is 6.92 Å². The quantitative estimate of drug-likeness (QED) is 0.876. The molecule has 0 unspecified atom stereocenters. The van der Waals surface area contributed by atoms with Gasteiger partial charge in [-0.3, -0.25) is 0 Å². The van der Waals surface area contributed by atoms with Gasteiger partial charge in [0.25, 0.3) is 0 Å². The molecule has 0 spiro atoms. The fourth-order valence-electron chi connectivity index (χ4n) is 3.00. The maximum Gasteiger partial charge on any atom is 0.424 e. The molecule has 0 aromatic carbocycles. The number of alkyl halides is 3. The van der Waals surface area contributed by atoms with E-state index in [0.29, 0.717) is 6.54 Å². The van der Waals surface area contributed by atoms with Crippen LogP contribution in [-0.4, -0.2) is 50.9 Å². The number of amides is 2. The Labute approximate surface area is 138 Å². The van der Waals surface area contributed by atoms with Crippen LogP contribution in [0.15, 0.2) is 12.4 Å². The first-order valence-corrected chi connectivity index (χ1v) is 7.98. The number of aliphatic hydroxyl groups is 1. The third-order valence-electron chi connectivity index (χ3n) is 4.49. The molecule has 2 rings (SSSR count). The zero-order valence-electron chi connectivity index (χ0n) is 13.8. The Morgan fingerprint density at radius 3 is 2.71 bits per heavy atom. The highest BCUT2D eigenvalue weighted by molar-refractivity contribution is 5.74. The molecule has 2 amide bonds. The second kappa shape index (κ2) is 7.00. The molecule has 1 aromatic heterocycles. The van der Waals surface area contributed by atoms with Crippen molar-refractivity contribution in [1.82, 2.24) is 19.8 Å². The smallest absolute Gasteiger partial charge is 0.374 e. The third kappa shape index (κ3) is 3.66. The summed E-state index contributed by atoms with van der Waals surface area (Å²) < 4.78 is 41.2. The van der Waals surface area contributed by atoms with Crippen molar-refractivity contribution >= 4 is 6.03 Å². The molecule has 24 heavy (non-hydrogen) atoms. The molecule has 2 atom stereocenters. The Bertz CT molecular complexity index is 575. The number of aryl methyl sites for hydroxylation is 1. The number of hydrogen-bond donors (Lipinski definition) is 2. The third-order valence-corrected chi connectivity index (χ3v) is 4.49. The van der Waals surface area contributed by atoms with Crippen molar-refractivity contribution < 1.29 is 23.1 Å². The number of piperidine rings is 1. The number of nitrogens with zero attached hydrogens (tertiary/aromatic N) is 3. The summed E-state index contributed by atoms with van der Waals surface area (Å²) in [5.74, 6) is -0.490. The number of halogens is 3. The van der Waals surface area contributed by atoms with Crippen molar-refractivity contribution in [2.45, 2.75) is 50.4 Å². The van der Waals surface area contributed by atoms with Crippen molar-refractivity contribution in [3.63, 3.8) is 0 Å². The second-order valence-electron chi connectivity index (χ2n) is 6.24. The summed E-state index contributed by atoms with van der Waals surface area (Å²) >= 11 is 0. The monoisotopic (exact) mass is 348 g/mol. The minimum absolute atomic E-state index is 0.0646. The van der Waals surface area contributed by atoms with Crippen LogP contribution in [-0.2, 0) is 12.6 Å². The number of hydrogen-bond acceptors (Lipinski definition) is 3. The molecule has 2 N–H and O–H groups in total. The Kier molecular flexibility index (Phi) is 5.42. The molecule has 1 saturated heterocycles. The van der Waals surface area contributed by atoms with Crippen LogP contribution in [0, 0.1) is 0 Å². The fraction of sp³-hybridized carbons (Fsp3) is 0.733. The summed E-state index contributed by atoms with van der Waals surface area (Å²) in [6.07, 6.45) is -0.257. The highest BCUT2D eigenvalue weighted by Gasteiger charge is 2.57. The van der Waals surface area contributed by atoms with Crippen molar-refractivity contribution in [2.75, 3.05) is 13.1 Å². The largest absolute Gasteiger partial charge is 0.424 e. The predicted octanol–water partition coefficient (Wildman–Crippen LogP) is 2.14. The molecule has 136 valence electrons. The second-order valence-corrected chi connectivity index (χ2v) is 6.24. The van der Waals surface area contributed by atoms with Gasteiger partial charge in [-0.05, 0) is 26.2 Å². The van der Waals surface area contributed by atoms with Crippen molar-refractivity contribution in [2.24, 2.45) is 7.05 Å². The summed E-state index contributed by atoms with van der Waals surface area (Å²) in [6.45, 7) is 2.21. The number of urea groups is 1. The highest BCUT2D eigenvalue weighted by Crippen LogP contribution is 2.40. The molecule has 2 heterocycles. The molecule has 0 bridgehead atoms. The van der Waals surface area contributed by atoms with E-state index in [1.165, 1.54) is 19.4 Å². The first-order chi connectivity index (χ1) is 11.2. The van der Waals surface area contributed by atoms with Crippen LogP contribution in [0.4, 0.5) is 18.0 Å². The Morgan fingerprint density at radius 1 is 1.46 bits per heavy atom. The van der Waals surface area contributed by atoms with Gasteiger partial charge in [-0.2, -0.15) is 13.2 Å². The number of likely N-dealkylation sites (tertiary alicyclic amines) is 1. The van der Waals surface area contributed by atoms with E-state index in [1.54, 1.807) is 4.90 Å². The molecular formula is C15H23F3N4O2. The number of nitrogens with one attached hydrogen (secondary N) is 1. The van der Waals surface area contributed by atoms with Gasteiger partial charge in [-0.15, -0.1) is 0 Å². The lowest BCUT2D eigenvalue weighted by molar-refractivity contribution is -0.272. The predicted molar refractivity (Wildman–Crippen MR) is 81.2 cm³/mol. The Hall–Kier alpha value is -1.77. The van der Waals surface area contributed by atoms with Gasteiger partial charge in [-0.1, -0.05) is 0 Å². The number of rotatable bonds is 4. The number of carbonyl (C=O) groups excluding carboxylic acids is 1. The SMILES string of the molecule is C[C@@H]1CCCCN1C(=O)NCC[C@@](O)(c1nccn1C)C(F)(F)F. The normalized spacial score (nSPS) is 21.4. The molecule has 1 fully saturated rings. The summed E-state index contributed by atoms with van der Waals surface area (Å²) in [5, 5.41) is 12.7. The number of carbonyl (C=O) groups is 1. The van der Waals surface area contributed by atoms with E-state index < -0.39 is 30.1 Å². The van der Waals surface area contributed by atoms with Crippen molar-refractivity contribution in [3.05, 3.63) is 18.2 Å². The van der Waals surface area contributed by atoms with E-state index >= 15 is 0 Å². The van der Waals surface area contributed by atoms with Crippen LogP contribution >= 0.6 is 0 Å². The lowest BCUT2D eigenvalue weighted by Crippen LogP contribution is -2.50. The lowest BCUT2D eigenvalue weighted by atomic mass is 9.97. The standard InChI is InChI=1S/C15H23F3N4O2/c1-11-5-3-4-9-22(11)13(23)20-7-6-14(24,15(16,17)18)12-19-8-10-21(12)2/h8,10-11,24H,3-7,9H2,1-2H3,(H,20,23)/t11-,14-/m1/s1. The number of imidazole rings is 1. The van der Waals surface area contributed by atoms with Gasteiger partial charge in [0.2, 0.25) is 5.60 Å². The molecule has 0 aliphatic carbocycles. The van der Waals surface area contributed by atoms with Gasteiger partial charge in [-0.25, -0.2) is 9.78 Å². The number of aromatic nitrogens is 2. The van der Waals surface area contributed by atoms with Gasteiger partial charge >= 0.3 is 12.2 Å². The van der Waals surface area contributed by atoms with E-state index in [-0.39, 0.29) is 12.6 Å². The van der Waals surface area contributed by atoms with Crippen LogP contribution in [0.25, 0.3) is 0 Å². The topological polar surface area (TPSA) is 70.4 Å². The zero-order chi connectivity index (χ0) is 18.0. The first kappa shape index (κ1) is 18.6. The molecule has 1 aliphatic heterocycles. The summed E-state index contributed by atoms with van der Waals surface area (Å²) in [6, 6.07) is -0.332. The molecular weight excluding hydrogens is 325 g/mol. The van der Waals surface area contributed by atoms with Crippen molar-refractivity contribution in [3.8, 4) is 0 Å². The molecule has 1 aromatic rings. The van der Waals surface area contributed by atoms with Crippen LogP contribution in [0.1, 0.15) is 38.4 Å². The van der Waals surface area contributed by atoms with E-state index in [4.69, 9.17) is 0 Å². The van der Waals surface area contributed by atoms with Crippen molar-refractivity contribution in [1.29, 1.82) is 0 Å². The average Bonchev–Trinajstić information content (AvgIpc) is 2.92.